The zero-order chi connectivity index (χ0) is 22.4. The van der Waals surface area contributed by atoms with E-state index in [4.69, 9.17) is 21.1 Å². The van der Waals surface area contributed by atoms with E-state index in [1.165, 1.54) is 37.4 Å². The van der Waals surface area contributed by atoms with Gasteiger partial charge in [0.25, 0.3) is 15.9 Å². The Hall–Kier alpha value is -3.03. The van der Waals surface area contributed by atoms with Gasteiger partial charge in [0.05, 0.1) is 22.7 Å². The van der Waals surface area contributed by atoms with Crippen molar-refractivity contribution in [3.8, 4) is 11.5 Å². The third-order valence-electron chi connectivity index (χ3n) is 4.55. The molecule has 0 aliphatic carbocycles. The number of aryl methyl sites for hydroxylation is 1. The van der Waals surface area contributed by atoms with Gasteiger partial charge in [0.2, 0.25) is 0 Å². The number of benzene rings is 3. The molecule has 0 aliphatic heterocycles. The smallest absolute Gasteiger partial charge is 0.278 e. The summed E-state index contributed by atoms with van der Waals surface area (Å²) in [6, 6.07) is 19.3. The first-order chi connectivity index (χ1) is 14.9. The van der Waals surface area contributed by atoms with Crippen molar-refractivity contribution in [2.75, 3.05) is 18.0 Å². The fourth-order valence-electron chi connectivity index (χ4n) is 2.96. The molecule has 0 saturated heterocycles. The Kier molecular flexibility index (Phi) is 7.20. The van der Waals surface area contributed by atoms with Crippen LogP contribution < -0.4 is 13.8 Å². The molecule has 1 amide bonds. The molecule has 0 spiro atoms. The number of ether oxygens (including phenoxy) is 2. The first-order valence-corrected chi connectivity index (χ1v) is 11.4. The fraction of sp³-hybridized carbons (Fsp3) is 0.174. The molecule has 0 aromatic heterocycles. The zero-order valence-corrected chi connectivity index (χ0v) is 18.7. The van der Waals surface area contributed by atoms with Crippen molar-refractivity contribution in [1.29, 1.82) is 0 Å². The van der Waals surface area contributed by atoms with Gasteiger partial charge in [-0.05, 0) is 54.4 Å². The van der Waals surface area contributed by atoms with Crippen molar-refractivity contribution in [3.05, 3.63) is 83.4 Å². The molecule has 0 radical (unpaired) electrons. The Morgan fingerprint density at radius 2 is 1.74 bits per heavy atom. The number of nitrogens with zero attached hydrogens (tertiary/aromatic N) is 1. The van der Waals surface area contributed by atoms with Gasteiger partial charge < -0.3 is 9.47 Å². The molecule has 0 atom stereocenters. The van der Waals surface area contributed by atoms with Crippen molar-refractivity contribution in [2.24, 2.45) is 0 Å². The number of anilines is 1. The monoisotopic (exact) mass is 459 g/mol. The van der Waals surface area contributed by atoms with E-state index in [9.17, 15) is 13.2 Å². The summed E-state index contributed by atoms with van der Waals surface area (Å²) in [6.45, 7) is 1.54. The highest BCUT2D eigenvalue weighted by Crippen LogP contribution is 2.32. The van der Waals surface area contributed by atoms with E-state index in [2.05, 4.69) is 0 Å². The quantitative estimate of drug-likeness (QED) is 0.487. The van der Waals surface area contributed by atoms with Gasteiger partial charge in [-0.2, -0.15) is 4.31 Å². The molecular weight excluding hydrogens is 438 g/mol. The van der Waals surface area contributed by atoms with Crippen molar-refractivity contribution in [2.45, 2.75) is 18.2 Å². The van der Waals surface area contributed by atoms with Crippen LogP contribution in [0.4, 0.5) is 5.69 Å². The van der Waals surface area contributed by atoms with Crippen LogP contribution in [0.25, 0.3) is 0 Å². The van der Waals surface area contributed by atoms with Crippen LogP contribution in [0.3, 0.4) is 0 Å². The molecule has 0 bridgehead atoms. The van der Waals surface area contributed by atoms with Crippen molar-refractivity contribution in [1.82, 2.24) is 0 Å². The van der Waals surface area contributed by atoms with Crippen LogP contribution in [0.2, 0.25) is 5.02 Å². The van der Waals surface area contributed by atoms with Crippen molar-refractivity contribution >= 4 is 33.2 Å². The van der Waals surface area contributed by atoms with Gasteiger partial charge in [0.1, 0.15) is 11.5 Å². The molecule has 3 aromatic rings. The van der Waals surface area contributed by atoms with Gasteiger partial charge in [0, 0.05) is 0 Å². The lowest BCUT2D eigenvalue weighted by Gasteiger charge is -2.23. The molecule has 0 N–H and O–H groups in total. The first kappa shape index (κ1) is 22.7. The number of rotatable bonds is 8. The van der Waals surface area contributed by atoms with E-state index < -0.39 is 22.5 Å². The molecule has 0 heterocycles. The highest BCUT2D eigenvalue weighted by atomic mass is 35.5. The maximum absolute atomic E-state index is 13.3. The second kappa shape index (κ2) is 9.85. The molecule has 0 saturated carbocycles. The molecule has 3 aromatic carbocycles. The molecule has 8 heteroatoms. The van der Waals surface area contributed by atoms with Gasteiger partial charge in [0.15, 0.2) is 6.61 Å². The predicted octanol–water partition coefficient (Wildman–Crippen LogP) is 4.71. The number of carbonyl (C=O) groups is 1. The topological polar surface area (TPSA) is 72.9 Å². The number of amides is 1. The minimum atomic E-state index is -4.20. The highest BCUT2D eigenvalue weighted by Gasteiger charge is 2.31. The summed E-state index contributed by atoms with van der Waals surface area (Å²) < 4.78 is 38.1. The van der Waals surface area contributed by atoms with E-state index in [-0.39, 0.29) is 15.6 Å². The predicted molar refractivity (Wildman–Crippen MR) is 120 cm³/mol. The molecule has 0 aliphatic rings. The Labute approximate surface area is 187 Å². The number of hydrogen-bond acceptors (Lipinski definition) is 5. The minimum Gasteiger partial charge on any atom is -0.495 e. The summed E-state index contributed by atoms with van der Waals surface area (Å²) >= 11 is 6.19. The molecule has 162 valence electrons. The van der Waals surface area contributed by atoms with E-state index in [1.54, 1.807) is 24.3 Å². The second-order valence-corrected chi connectivity index (χ2v) is 8.78. The van der Waals surface area contributed by atoms with Crippen LogP contribution in [0.1, 0.15) is 12.5 Å². The lowest BCUT2D eigenvalue weighted by Crippen LogP contribution is -2.40. The summed E-state index contributed by atoms with van der Waals surface area (Å²) in [5, 5.41) is 0.178. The Morgan fingerprint density at radius 1 is 1.00 bits per heavy atom. The lowest BCUT2D eigenvalue weighted by atomic mass is 10.2. The summed E-state index contributed by atoms with van der Waals surface area (Å²) in [6.07, 6.45) is 0.810. The maximum Gasteiger partial charge on any atom is 0.278 e. The third kappa shape index (κ3) is 5.18. The normalized spacial score (nSPS) is 11.1. The number of methoxy groups -OCH3 is 1. The fourth-order valence-corrected chi connectivity index (χ4v) is 4.63. The van der Waals surface area contributed by atoms with Crippen molar-refractivity contribution in [3.63, 3.8) is 0 Å². The van der Waals surface area contributed by atoms with Crippen LogP contribution in [0, 0.1) is 0 Å². The van der Waals surface area contributed by atoms with Gasteiger partial charge >= 0.3 is 0 Å². The summed E-state index contributed by atoms with van der Waals surface area (Å²) in [5.41, 5.74) is 1.13. The summed E-state index contributed by atoms with van der Waals surface area (Å²) in [5.74, 6) is 0.0899. The molecule has 3 rings (SSSR count). The largest absolute Gasteiger partial charge is 0.495 e. The van der Waals surface area contributed by atoms with Gasteiger partial charge in [-0.1, -0.05) is 48.9 Å². The Bertz CT molecular complexity index is 1170. The molecule has 0 unspecified atom stereocenters. The summed E-state index contributed by atoms with van der Waals surface area (Å²) in [4.78, 5) is 13.1. The van der Waals surface area contributed by atoms with Crippen molar-refractivity contribution < 1.29 is 22.7 Å². The van der Waals surface area contributed by atoms with Crippen LogP contribution in [0.5, 0.6) is 11.5 Å². The lowest BCUT2D eigenvalue weighted by molar-refractivity contribution is -0.119. The number of sulfonamides is 1. The van der Waals surface area contributed by atoms with Crippen LogP contribution >= 0.6 is 11.6 Å². The number of carbonyl (C=O) groups excluding carboxylic acids is 1. The average molecular weight is 460 g/mol. The molecule has 0 fully saturated rings. The summed E-state index contributed by atoms with van der Waals surface area (Å²) in [7, 11) is -2.76. The third-order valence-corrected chi connectivity index (χ3v) is 6.61. The second-order valence-electron chi connectivity index (χ2n) is 6.58. The van der Waals surface area contributed by atoms with Gasteiger partial charge in [-0.15, -0.1) is 0 Å². The molecule has 6 nitrogen and oxygen atoms in total. The maximum atomic E-state index is 13.3. The number of hydrogen-bond donors (Lipinski definition) is 0. The van der Waals surface area contributed by atoms with Crippen LogP contribution in [0.15, 0.2) is 77.7 Å². The average Bonchev–Trinajstić information content (AvgIpc) is 2.78. The van der Waals surface area contributed by atoms with E-state index in [1.807, 2.05) is 25.1 Å². The first-order valence-electron chi connectivity index (χ1n) is 9.55. The van der Waals surface area contributed by atoms with Crippen LogP contribution in [-0.4, -0.2) is 28.0 Å². The molecular formula is C23H22ClNO5S. The standard InChI is InChI=1S/C23H22ClNO5S/c1-3-17-8-7-9-19(14-17)30-16-23(26)25(18-12-13-22(29-2)21(24)15-18)31(27,28)20-10-5-4-6-11-20/h4-15H,3,16H2,1-2H3. The van der Waals surface area contributed by atoms with Gasteiger partial charge in [-0.25, -0.2) is 8.42 Å². The van der Waals surface area contributed by atoms with Gasteiger partial charge in [-0.3, -0.25) is 4.79 Å². The van der Waals surface area contributed by atoms with E-state index >= 15 is 0 Å². The Balaban J connectivity index is 1.97. The highest BCUT2D eigenvalue weighted by molar-refractivity contribution is 7.93. The zero-order valence-electron chi connectivity index (χ0n) is 17.1. The SMILES string of the molecule is CCc1cccc(OCC(=O)N(c2ccc(OC)c(Cl)c2)S(=O)(=O)c2ccccc2)c1. The van der Waals surface area contributed by atoms with E-state index in [0.717, 1.165) is 12.0 Å². The van der Waals surface area contributed by atoms with E-state index in [0.29, 0.717) is 15.8 Å². The molecule has 31 heavy (non-hydrogen) atoms. The minimum absolute atomic E-state index is 0.0247. The Morgan fingerprint density at radius 3 is 2.39 bits per heavy atom. The van der Waals surface area contributed by atoms with Crippen LogP contribution in [-0.2, 0) is 21.2 Å². The number of halogens is 1.